The molecule has 10 heteroatoms. The first-order chi connectivity index (χ1) is 8.95. The largest absolute Gasteiger partial charge is 0.480 e. The van der Waals surface area contributed by atoms with E-state index in [0.717, 1.165) is 0 Å². The van der Waals surface area contributed by atoms with Crippen molar-refractivity contribution in [3.8, 4) is 0 Å². The topological polar surface area (TPSA) is 125 Å². The molecule has 3 amide bonds. The van der Waals surface area contributed by atoms with Gasteiger partial charge in [0.05, 0.1) is 18.8 Å². The Balaban J connectivity index is 3.66. The van der Waals surface area contributed by atoms with Crippen molar-refractivity contribution >= 4 is 45.3 Å². The van der Waals surface area contributed by atoms with E-state index in [1.54, 1.807) is 0 Å². The molecule has 0 rings (SSSR count). The van der Waals surface area contributed by atoms with Crippen LogP contribution in [0.4, 0.5) is 0 Å². The normalized spacial score (nSPS) is 9.53. The fourth-order valence-corrected chi connectivity index (χ4v) is 1.82. The van der Waals surface area contributed by atoms with Crippen molar-refractivity contribution < 1.29 is 24.3 Å². The molecule has 4 N–H and O–H groups in total. The number of carboxylic acid groups (broad SMARTS) is 1. The highest BCUT2D eigenvalue weighted by molar-refractivity contribution is 8.76. The highest BCUT2D eigenvalue weighted by atomic mass is 33.1. The van der Waals surface area contributed by atoms with Crippen LogP contribution in [0.1, 0.15) is 0 Å². The van der Waals surface area contributed by atoms with Crippen LogP contribution in [-0.2, 0) is 19.2 Å². The Morgan fingerprint density at radius 2 is 1.37 bits per heavy atom. The molecule has 0 saturated carbocycles. The predicted molar refractivity (Wildman–Crippen MR) is 72.6 cm³/mol. The van der Waals surface area contributed by atoms with Gasteiger partial charge in [0, 0.05) is 0 Å². The molecule has 0 aromatic rings. The van der Waals surface area contributed by atoms with Gasteiger partial charge >= 0.3 is 5.97 Å². The molecule has 0 saturated heterocycles. The first kappa shape index (κ1) is 17.6. The van der Waals surface area contributed by atoms with E-state index >= 15 is 0 Å². The fraction of sp³-hybridized carbons (Fsp3) is 0.556. The van der Waals surface area contributed by atoms with Gasteiger partial charge in [-0.3, -0.25) is 19.2 Å². The second-order valence-corrected chi connectivity index (χ2v) is 5.72. The van der Waals surface area contributed by atoms with Crippen molar-refractivity contribution in [1.29, 1.82) is 0 Å². The van der Waals surface area contributed by atoms with Gasteiger partial charge < -0.3 is 21.1 Å². The minimum absolute atomic E-state index is 0.222. The lowest BCUT2D eigenvalue weighted by atomic mass is 10.5. The third-order valence-corrected chi connectivity index (χ3v) is 3.31. The molecule has 108 valence electrons. The fourth-order valence-electron chi connectivity index (χ4n) is 0.820. The van der Waals surface area contributed by atoms with Crippen LogP contribution in [0.15, 0.2) is 0 Å². The summed E-state index contributed by atoms with van der Waals surface area (Å²) < 4.78 is 0. The lowest BCUT2D eigenvalue weighted by molar-refractivity contribution is -0.137. The van der Waals surface area contributed by atoms with E-state index in [0.29, 0.717) is 0 Å². The van der Waals surface area contributed by atoms with Crippen molar-refractivity contribution in [2.75, 3.05) is 31.6 Å². The van der Waals surface area contributed by atoms with Gasteiger partial charge in [-0.25, -0.2) is 0 Å². The summed E-state index contributed by atoms with van der Waals surface area (Å²) in [6, 6.07) is 0. The maximum Gasteiger partial charge on any atom is 0.322 e. The average molecular weight is 309 g/mol. The van der Waals surface area contributed by atoms with Gasteiger partial charge in [0.25, 0.3) is 0 Å². The summed E-state index contributed by atoms with van der Waals surface area (Å²) in [6.07, 6.45) is 1.83. The van der Waals surface area contributed by atoms with E-state index < -0.39 is 24.3 Å². The summed E-state index contributed by atoms with van der Waals surface area (Å²) in [5.74, 6) is -2.33. The first-order valence-corrected chi connectivity index (χ1v) is 7.86. The molecule has 0 atom stereocenters. The summed E-state index contributed by atoms with van der Waals surface area (Å²) >= 11 is 0. The summed E-state index contributed by atoms with van der Waals surface area (Å²) in [5.41, 5.74) is 0. The zero-order valence-corrected chi connectivity index (χ0v) is 11.9. The molecule has 0 unspecified atom stereocenters. The Bertz CT molecular complexity index is 351. The minimum atomic E-state index is -1.17. The van der Waals surface area contributed by atoms with Gasteiger partial charge in [-0.05, 0) is 6.26 Å². The molecule has 0 aliphatic rings. The number of aliphatic carboxylic acids is 1. The number of carbonyl (C=O) groups excluding carboxylic acids is 3. The van der Waals surface area contributed by atoms with E-state index in [1.165, 1.54) is 21.6 Å². The van der Waals surface area contributed by atoms with Gasteiger partial charge in [0.1, 0.15) is 6.54 Å². The Morgan fingerprint density at radius 3 is 1.84 bits per heavy atom. The highest BCUT2D eigenvalue weighted by Gasteiger charge is 2.08. The molecule has 0 aliphatic heterocycles. The molecule has 0 heterocycles. The minimum Gasteiger partial charge on any atom is -0.480 e. The third-order valence-electron chi connectivity index (χ3n) is 1.64. The standard InChI is InChI=1S/C9H15N3O5S2/c1-18-19-5-8(15)11-3-6(13)10-2-7(14)12-4-9(16)17/h2-5H2,1H3,(H,10,13)(H,11,15)(H,12,14)(H,16,17). The van der Waals surface area contributed by atoms with Gasteiger partial charge in [-0.2, -0.15) is 0 Å². The van der Waals surface area contributed by atoms with Crippen molar-refractivity contribution in [1.82, 2.24) is 16.0 Å². The van der Waals surface area contributed by atoms with Crippen LogP contribution in [0, 0.1) is 0 Å². The van der Waals surface area contributed by atoms with E-state index in [9.17, 15) is 19.2 Å². The van der Waals surface area contributed by atoms with E-state index in [4.69, 9.17) is 5.11 Å². The van der Waals surface area contributed by atoms with Gasteiger partial charge in [0.15, 0.2) is 0 Å². The SMILES string of the molecule is CSSCC(=O)NCC(=O)NCC(=O)NCC(=O)O. The molecule has 8 nitrogen and oxygen atoms in total. The Kier molecular flexibility index (Phi) is 9.71. The molecule has 0 bridgehead atoms. The summed E-state index contributed by atoms with van der Waals surface area (Å²) in [5, 5.41) is 15.0. The van der Waals surface area contributed by atoms with Crippen molar-refractivity contribution in [3.63, 3.8) is 0 Å². The zero-order chi connectivity index (χ0) is 14.7. The quantitative estimate of drug-likeness (QED) is 0.379. The lowest BCUT2D eigenvalue weighted by Gasteiger charge is -2.06. The second kappa shape index (κ2) is 10.5. The number of hydrogen-bond donors (Lipinski definition) is 4. The molecular weight excluding hydrogens is 294 g/mol. The third kappa shape index (κ3) is 11.4. The molecule has 0 aromatic heterocycles. The smallest absolute Gasteiger partial charge is 0.322 e. The number of amides is 3. The monoisotopic (exact) mass is 309 g/mol. The molecule has 0 aromatic carbocycles. The maximum atomic E-state index is 11.2. The summed E-state index contributed by atoms with van der Waals surface area (Å²) in [4.78, 5) is 43.6. The van der Waals surface area contributed by atoms with Crippen molar-refractivity contribution in [2.24, 2.45) is 0 Å². The van der Waals surface area contributed by atoms with E-state index in [2.05, 4.69) is 16.0 Å². The number of nitrogens with one attached hydrogen (secondary N) is 3. The van der Waals surface area contributed by atoms with Gasteiger partial charge in [0.2, 0.25) is 17.7 Å². The van der Waals surface area contributed by atoms with Crippen LogP contribution in [0.25, 0.3) is 0 Å². The molecule has 0 radical (unpaired) electrons. The van der Waals surface area contributed by atoms with Crippen molar-refractivity contribution in [3.05, 3.63) is 0 Å². The van der Waals surface area contributed by atoms with Crippen LogP contribution >= 0.6 is 21.6 Å². The Hall–Kier alpha value is -1.42. The zero-order valence-electron chi connectivity index (χ0n) is 10.2. The Labute approximate surface area is 117 Å². The van der Waals surface area contributed by atoms with Crippen LogP contribution in [0.3, 0.4) is 0 Å². The van der Waals surface area contributed by atoms with E-state index in [-0.39, 0.29) is 24.7 Å². The van der Waals surface area contributed by atoms with Gasteiger partial charge in [-0.15, -0.1) is 0 Å². The number of hydrogen-bond acceptors (Lipinski definition) is 6. The molecule has 0 fully saturated rings. The first-order valence-electron chi connectivity index (χ1n) is 5.13. The summed E-state index contributed by atoms with van der Waals surface area (Å²) in [6.45, 7) is -1.06. The van der Waals surface area contributed by atoms with Crippen LogP contribution in [0.5, 0.6) is 0 Å². The number of rotatable bonds is 9. The number of carboxylic acids is 1. The van der Waals surface area contributed by atoms with Crippen LogP contribution < -0.4 is 16.0 Å². The molecule has 0 spiro atoms. The average Bonchev–Trinajstić information content (AvgIpc) is 2.37. The van der Waals surface area contributed by atoms with Crippen molar-refractivity contribution in [2.45, 2.75) is 0 Å². The van der Waals surface area contributed by atoms with Crippen LogP contribution in [0.2, 0.25) is 0 Å². The highest BCUT2D eigenvalue weighted by Crippen LogP contribution is 2.15. The second-order valence-electron chi connectivity index (χ2n) is 3.15. The molecule has 19 heavy (non-hydrogen) atoms. The predicted octanol–water partition coefficient (Wildman–Crippen LogP) is -1.57. The van der Waals surface area contributed by atoms with Crippen LogP contribution in [-0.4, -0.2) is 60.4 Å². The lowest BCUT2D eigenvalue weighted by Crippen LogP contribution is -2.43. The van der Waals surface area contributed by atoms with E-state index in [1.807, 2.05) is 6.26 Å². The Morgan fingerprint density at radius 1 is 0.895 bits per heavy atom. The number of carbonyl (C=O) groups is 4. The molecule has 0 aliphatic carbocycles. The summed E-state index contributed by atoms with van der Waals surface area (Å²) in [7, 11) is 2.79. The maximum absolute atomic E-state index is 11.2. The molecular formula is C9H15N3O5S2. The van der Waals surface area contributed by atoms with Gasteiger partial charge in [-0.1, -0.05) is 21.6 Å².